The number of hydrogen-bond acceptors (Lipinski definition) is 7. The smallest absolute Gasteiger partial charge is 0.238 e. The van der Waals surface area contributed by atoms with Crippen molar-refractivity contribution >= 4 is 11.5 Å². The fraction of sp³-hybridized carbons (Fsp3) is 0.0667. The van der Waals surface area contributed by atoms with Crippen molar-refractivity contribution in [2.24, 2.45) is 0 Å². The summed E-state index contributed by atoms with van der Waals surface area (Å²) in [6.45, 7) is 0. The molecule has 112 valence electrons. The van der Waals surface area contributed by atoms with Crippen LogP contribution in [0.15, 0.2) is 33.5 Å². The van der Waals surface area contributed by atoms with Crippen LogP contribution < -0.4 is 5.43 Å². The monoisotopic (exact) mass is 302 g/mol. The molecule has 1 aromatic carbocycles. The van der Waals surface area contributed by atoms with E-state index in [1.54, 1.807) is 0 Å². The number of aromatic hydroxyl groups is 3. The molecule has 0 fully saturated rings. The molecular formula is C15H10O7. The van der Waals surface area contributed by atoms with Crippen molar-refractivity contribution in [3.63, 3.8) is 0 Å². The van der Waals surface area contributed by atoms with Gasteiger partial charge in [0, 0.05) is 11.6 Å². The van der Waals surface area contributed by atoms with Crippen LogP contribution in [0.4, 0.5) is 0 Å². The summed E-state index contributed by atoms with van der Waals surface area (Å²) in [5.41, 5.74) is -1.01. The maximum absolute atomic E-state index is 12.1. The Morgan fingerprint density at radius 3 is 2.41 bits per heavy atom. The molecule has 0 bridgehead atoms. The third-order valence-corrected chi connectivity index (χ3v) is 3.29. The maximum Gasteiger partial charge on any atom is 0.238 e. The second-order valence-corrected chi connectivity index (χ2v) is 4.78. The first-order chi connectivity index (χ1) is 10.4. The number of benzene rings is 1. The normalized spacial score (nSPS) is 13.6. The first kappa shape index (κ1) is 13.7. The number of rotatable bonds is 1. The molecule has 7 heteroatoms. The van der Waals surface area contributed by atoms with Gasteiger partial charge in [0.1, 0.15) is 17.1 Å². The molecule has 3 rings (SSSR count). The summed E-state index contributed by atoms with van der Waals surface area (Å²) < 4.78 is 5.37. The Morgan fingerprint density at radius 1 is 1.00 bits per heavy atom. The zero-order valence-corrected chi connectivity index (χ0v) is 11.0. The molecule has 0 saturated carbocycles. The SMILES string of the molecule is O=C1C=C(O)c2c(oc(-c3ccc(O)c(O)c3)c(O)c2=O)C1. The number of ketones is 1. The number of hydrogen-bond donors (Lipinski definition) is 4. The van der Waals surface area contributed by atoms with Crippen LogP contribution in [-0.2, 0) is 11.2 Å². The van der Waals surface area contributed by atoms with E-state index in [0.29, 0.717) is 0 Å². The Hall–Kier alpha value is -3.22. The summed E-state index contributed by atoms with van der Waals surface area (Å²) >= 11 is 0. The summed E-state index contributed by atoms with van der Waals surface area (Å²) in [5.74, 6) is -2.95. The van der Waals surface area contributed by atoms with Crippen LogP contribution in [-0.4, -0.2) is 26.2 Å². The zero-order chi connectivity index (χ0) is 16.0. The fourth-order valence-corrected chi connectivity index (χ4v) is 2.25. The van der Waals surface area contributed by atoms with E-state index in [2.05, 4.69) is 0 Å². The molecule has 1 heterocycles. The van der Waals surface area contributed by atoms with Crippen molar-refractivity contribution in [3.05, 3.63) is 45.8 Å². The molecule has 2 aromatic rings. The highest BCUT2D eigenvalue weighted by molar-refractivity contribution is 6.00. The Kier molecular flexibility index (Phi) is 2.91. The third kappa shape index (κ3) is 1.99. The number of carbonyl (C=O) groups is 1. The van der Waals surface area contributed by atoms with Crippen LogP contribution in [0.1, 0.15) is 11.3 Å². The topological polar surface area (TPSA) is 128 Å². The number of aliphatic hydroxyl groups excluding tert-OH is 1. The number of allylic oxidation sites excluding steroid dienone is 1. The molecule has 1 aliphatic rings. The second kappa shape index (κ2) is 4.66. The zero-order valence-electron chi connectivity index (χ0n) is 11.0. The maximum atomic E-state index is 12.1. The molecule has 0 saturated heterocycles. The molecule has 0 amide bonds. The molecule has 7 nitrogen and oxygen atoms in total. The lowest BCUT2D eigenvalue weighted by Crippen LogP contribution is -2.18. The van der Waals surface area contributed by atoms with Gasteiger partial charge in [-0.25, -0.2) is 0 Å². The lowest BCUT2D eigenvalue weighted by Gasteiger charge is -2.14. The molecule has 0 atom stereocenters. The van der Waals surface area contributed by atoms with Crippen molar-refractivity contribution in [1.29, 1.82) is 0 Å². The summed E-state index contributed by atoms with van der Waals surface area (Å²) in [6, 6.07) is 3.58. The molecule has 4 N–H and O–H groups in total. The van der Waals surface area contributed by atoms with Crippen molar-refractivity contribution in [3.8, 4) is 28.6 Å². The molecule has 1 aromatic heterocycles. The van der Waals surface area contributed by atoms with Crippen LogP contribution in [0, 0.1) is 0 Å². The summed E-state index contributed by atoms with van der Waals surface area (Å²) in [5, 5.41) is 38.4. The van der Waals surface area contributed by atoms with E-state index in [1.165, 1.54) is 6.07 Å². The molecule has 0 spiro atoms. The number of phenolic OH excluding ortho intramolecular Hbond substituents is 2. The molecule has 1 aliphatic carbocycles. The highest BCUT2D eigenvalue weighted by atomic mass is 16.4. The number of aliphatic hydroxyl groups is 1. The average Bonchev–Trinajstić information content (AvgIpc) is 2.45. The van der Waals surface area contributed by atoms with Gasteiger partial charge in [-0.05, 0) is 18.2 Å². The van der Waals surface area contributed by atoms with E-state index >= 15 is 0 Å². The minimum atomic E-state index is -0.884. The van der Waals surface area contributed by atoms with Crippen LogP contribution in [0.5, 0.6) is 17.2 Å². The van der Waals surface area contributed by atoms with Crippen molar-refractivity contribution in [1.82, 2.24) is 0 Å². The Morgan fingerprint density at radius 2 is 1.73 bits per heavy atom. The van der Waals surface area contributed by atoms with Crippen LogP contribution in [0.25, 0.3) is 17.1 Å². The van der Waals surface area contributed by atoms with Gasteiger partial charge in [-0.3, -0.25) is 9.59 Å². The summed E-state index contributed by atoms with van der Waals surface area (Å²) in [7, 11) is 0. The van der Waals surface area contributed by atoms with Gasteiger partial charge < -0.3 is 24.8 Å². The standard InChI is InChI=1S/C15H10O7/c16-7-4-10(19)12-11(5-7)22-15(14(21)13(12)20)6-1-2-8(17)9(18)3-6/h1-4,17-19,21H,5H2. The highest BCUT2D eigenvalue weighted by Gasteiger charge is 2.27. The predicted molar refractivity (Wildman–Crippen MR) is 74.7 cm³/mol. The van der Waals surface area contributed by atoms with Crippen LogP contribution in [0.2, 0.25) is 0 Å². The minimum absolute atomic E-state index is 0.0737. The predicted octanol–water partition coefficient (Wildman–Crippen LogP) is 1.45. The van der Waals surface area contributed by atoms with Gasteiger partial charge >= 0.3 is 0 Å². The van der Waals surface area contributed by atoms with Crippen molar-refractivity contribution in [2.75, 3.05) is 0 Å². The van der Waals surface area contributed by atoms with Crippen molar-refractivity contribution < 1.29 is 29.6 Å². The Labute approximate surface area is 123 Å². The largest absolute Gasteiger partial charge is 0.507 e. The van der Waals surface area contributed by atoms with E-state index < -0.39 is 28.5 Å². The van der Waals surface area contributed by atoms with Gasteiger partial charge in [0.2, 0.25) is 11.2 Å². The summed E-state index contributed by atoms with van der Waals surface area (Å²) in [6.07, 6.45) is 0.663. The van der Waals surface area contributed by atoms with Crippen LogP contribution >= 0.6 is 0 Å². The Bertz CT molecular complexity index is 889. The molecular weight excluding hydrogens is 292 g/mol. The highest BCUT2D eigenvalue weighted by Crippen LogP contribution is 2.36. The molecule has 22 heavy (non-hydrogen) atoms. The quantitative estimate of drug-likeness (QED) is 0.587. The Balaban J connectivity index is 2.27. The van der Waals surface area contributed by atoms with Gasteiger partial charge in [-0.1, -0.05) is 0 Å². The van der Waals surface area contributed by atoms with E-state index in [4.69, 9.17) is 4.42 Å². The minimum Gasteiger partial charge on any atom is -0.507 e. The lowest BCUT2D eigenvalue weighted by atomic mass is 9.99. The fourth-order valence-electron chi connectivity index (χ4n) is 2.25. The van der Waals surface area contributed by atoms with Gasteiger partial charge in [0.15, 0.2) is 23.0 Å². The van der Waals surface area contributed by atoms with Gasteiger partial charge in [-0.2, -0.15) is 0 Å². The number of carbonyl (C=O) groups excluding carboxylic acids is 1. The number of fused-ring (bicyclic) bond motifs is 1. The van der Waals surface area contributed by atoms with Crippen molar-refractivity contribution in [2.45, 2.75) is 6.42 Å². The second-order valence-electron chi connectivity index (χ2n) is 4.78. The van der Waals surface area contributed by atoms with Crippen LogP contribution in [0.3, 0.4) is 0 Å². The van der Waals surface area contributed by atoms with E-state index in [-0.39, 0.29) is 34.8 Å². The first-order valence-electron chi connectivity index (χ1n) is 6.23. The van der Waals surface area contributed by atoms with Gasteiger partial charge in [0.25, 0.3) is 0 Å². The van der Waals surface area contributed by atoms with E-state index in [0.717, 1.165) is 18.2 Å². The first-order valence-corrected chi connectivity index (χ1v) is 6.23. The average molecular weight is 302 g/mol. The lowest BCUT2D eigenvalue weighted by molar-refractivity contribution is -0.114. The molecule has 0 unspecified atom stereocenters. The third-order valence-electron chi connectivity index (χ3n) is 3.29. The van der Waals surface area contributed by atoms with Gasteiger partial charge in [-0.15, -0.1) is 0 Å². The van der Waals surface area contributed by atoms with E-state index in [9.17, 15) is 30.0 Å². The molecule has 0 radical (unpaired) electrons. The van der Waals surface area contributed by atoms with E-state index in [1.807, 2.05) is 0 Å². The number of phenols is 2. The molecule has 0 aliphatic heterocycles. The summed E-state index contributed by atoms with van der Waals surface area (Å²) in [4.78, 5) is 23.6. The van der Waals surface area contributed by atoms with Gasteiger partial charge in [0.05, 0.1) is 6.42 Å².